The van der Waals surface area contributed by atoms with E-state index in [1.165, 1.54) is 6.42 Å². The number of rotatable bonds is 1. The maximum absolute atomic E-state index is 12.6. The second-order valence-corrected chi connectivity index (χ2v) is 5.22. The third-order valence-corrected chi connectivity index (χ3v) is 4.08. The van der Waals surface area contributed by atoms with Gasteiger partial charge in [-0.25, -0.2) is 0 Å². The molecule has 2 N–H and O–H groups in total. The van der Waals surface area contributed by atoms with E-state index in [1.807, 2.05) is 4.90 Å². The van der Waals surface area contributed by atoms with Gasteiger partial charge in [0.05, 0.1) is 24.3 Å². The van der Waals surface area contributed by atoms with E-state index < -0.39 is 0 Å². The molecule has 1 aromatic rings. The highest BCUT2D eigenvalue weighted by Crippen LogP contribution is 2.29. The van der Waals surface area contributed by atoms with E-state index in [1.54, 1.807) is 18.5 Å². The molecule has 2 heterocycles. The van der Waals surface area contributed by atoms with Crippen molar-refractivity contribution in [1.29, 1.82) is 0 Å². The normalized spacial score (nSPS) is 26.8. The lowest BCUT2D eigenvalue weighted by atomic mass is 9.89. The first-order chi connectivity index (χ1) is 9.27. The number of fused-ring (bicyclic) bond motifs is 1. The number of carbonyl (C=O) groups excluding carboxylic acids is 1. The van der Waals surface area contributed by atoms with Gasteiger partial charge in [0, 0.05) is 24.6 Å². The van der Waals surface area contributed by atoms with Crippen molar-refractivity contribution in [2.24, 2.45) is 0 Å². The number of nitrogens with two attached hydrogens (primary N) is 1. The quantitative estimate of drug-likeness (QED) is 0.830. The van der Waals surface area contributed by atoms with Gasteiger partial charge in [0.2, 0.25) is 0 Å². The molecule has 2 fully saturated rings. The second-order valence-electron chi connectivity index (χ2n) is 5.22. The molecule has 19 heavy (non-hydrogen) atoms. The highest BCUT2D eigenvalue weighted by Gasteiger charge is 2.37. The van der Waals surface area contributed by atoms with Gasteiger partial charge in [-0.05, 0) is 18.9 Å². The lowest BCUT2D eigenvalue weighted by Gasteiger charge is -2.43. The molecule has 5 heteroatoms. The lowest BCUT2D eigenvalue weighted by molar-refractivity contribution is -0.0752. The van der Waals surface area contributed by atoms with Crippen LogP contribution in [0.5, 0.6) is 0 Å². The number of hydrogen-bond donors (Lipinski definition) is 1. The van der Waals surface area contributed by atoms with Crippen molar-refractivity contribution in [3.05, 3.63) is 24.0 Å². The van der Waals surface area contributed by atoms with Crippen molar-refractivity contribution in [1.82, 2.24) is 9.88 Å². The predicted molar refractivity (Wildman–Crippen MR) is 71.7 cm³/mol. The van der Waals surface area contributed by atoms with Crippen molar-refractivity contribution >= 4 is 11.6 Å². The van der Waals surface area contributed by atoms with Crippen molar-refractivity contribution in [3.8, 4) is 0 Å². The zero-order chi connectivity index (χ0) is 13.2. The van der Waals surface area contributed by atoms with Crippen LogP contribution in [-0.4, -0.2) is 41.1 Å². The molecule has 1 saturated heterocycles. The van der Waals surface area contributed by atoms with Gasteiger partial charge >= 0.3 is 0 Å². The maximum atomic E-state index is 12.6. The highest BCUT2D eigenvalue weighted by atomic mass is 16.5. The van der Waals surface area contributed by atoms with E-state index in [2.05, 4.69) is 4.98 Å². The van der Waals surface area contributed by atoms with Crippen molar-refractivity contribution in [2.75, 3.05) is 18.9 Å². The zero-order valence-corrected chi connectivity index (χ0v) is 10.9. The summed E-state index contributed by atoms with van der Waals surface area (Å²) in [7, 11) is 0. The summed E-state index contributed by atoms with van der Waals surface area (Å²) in [6, 6.07) is 1.88. The fourth-order valence-electron chi connectivity index (χ4n) is 3.09. The number of nitrogens with zero attached hydrogens (tertiary/aromatic N) is 2. The van der Waals surface area contributed by atoms with Crippen molar-refractivity contribution < 1.29 is 9.53 Å². The average molecular weight is 261 g/mol. The molecule has 5 nitrogen and oxygen atoms in total. The Hall–Kier alpha value is -1.62. The minimum Gasteiger partial charge on any atom is -0.398 e. The molecule has 2 atom stereocenters. The van der Waals surface area contributed by atoms with Gasteiger partial charge in [-0.3, -0.25) is 9.78 Å². The number of hydrogen-bond acceptors (Lipinski definition) is 4. The molecule has 1 amide bonds. The smallest absolute Gasteiger partial charge is 0.257 e. The van der Waals surface area contributed by atoms with Crippen LogP contribution in [0.2, 0.25) is 0 Å². The van der Waals surface area contributed by atoms with E-state index >= 15 is 0 Å². The standard InChI is InChI=1S/C14H19N3O2/c15-11-5-6-16-9-10(11)14(18)17-7-8-19-13-4-2-1-3-12(13)17/h5-6,9,12-13H,1-4,7-8H2,(H2,15,16). The Morgan fingerprint density at radius 1 is 1.42 bits per heavy atom. The third kappa shape index (κ3) is 2.30. The van der Waals surface area contributed by atoms with Gasteiger partial charge in [-0.15, -0.1) is 0 Å². The number of amides is 1. The molecular weight excluding hydrogens is 242 g/mol. The first-order valence-electron chi connectivity index (χ1n) is 6.89. The summed E-state index contributed by atoms with van der Waals surface area (Å²) >= 11 is 0. The molecule has 102 valence electrons. The number of pyridine rings is 1. The number of morpholine rings is 1. The van der Waals surface area contributed by atoms with Crippen LogP contribution in [0.25, 0.3) is 0 Å². The summed E-state index contributed by atoms with van der Waals surface area (Å²) in [6.07, 6.45) is 7.80. The van der Waals surface area contributed by atoms with Crippen LogP contribution in [0, 0.1) is 0 Å². The molecule has 0 bridgehead atoms. The van der Waals surface area contributed by atoms with Crippen LogP contribution >= 0.6 is 0 Å². The number of carbonyl (C=O) groups is 1. The Balaban J connectivity index is 1.84. The van der Waals surface area contributed by atoms with E-state index in [0.717, 1.165) is 19.3 Å². The zero-order valence-electron chi connectivity index (χ0n) is 10.9. The Bertz CT molecular complexity index is 476. The van der Waals surface area contributed by atoms with Crippen LogP contribution < -0.4 is 5.73 Å². The third-order valence-electron chi connectivity index (χ3n) is 4.08. The van der Waals surface area contributed by atoms with Gasteiger partial charge in [-0.1, -0.05) is 12.8 Å². The number of aromatic nitrogens is 1. The Labute approximate surface area is 112 Å². The summed E-state index contributed by atoms with van der Waals surface area (Å²) in [6.45, 7) is 1.27. The Kier molecular flexibility index (Phi) is 3.38. The Morgan fingerprint density at radius 2 is 2.26 bits per heavy atom. The van der Waals surface area contributed by atoms with Crippen LogP contribution in [0.3, 0.4) is 0 Å². The summed E-state index contributed by atoms with van der Waals surface area (Å²) in [5.41, 5.74) is 6.88. The number of nitrogen functional groups attached to an aromatic ring is 1. The molecule has 1 aromatic heterocycles. The Morgan fingerprint density at radius 3 is 3.11 bits per heavy atom. The molecule has 1 aliphatic carbocycles. The molecule has 1 saturated carbocycles. The molecule has 0 radical (unpaired) electrons. The van der Waals surface area contributed by atoms with Gasteiger partial charge in [0.15, 0.2) is 0 Å². The van der Waals surface area contributed by atoms with Gasteiger partial charge < -0.3 is 15.4 Å². The fraction of sp³-hybridized carbons (Fsp3) is 0.571. The van der Waals surface area contributed by atoms with E-state index in [0.29, 0.717) is 24.4 Å². The first-order valence-corrected chi connectivity index (χ1v) is 6.89. The minimum atomic E-state index is -0.00852. The molecule has 2 unspecified atom stereocenters. The summed E-state index contributed by atoms with van der Waals surface area (Å²) in [5, 5.41) is 0. The number of ether oxygens (including phenoxy) is 1. The largest absolute Gasteiger partial charge is 0.398 e. The number of anilines is 1. The first kappa shape index (κ1) is 12.4. The molecule has 0 aromatic carbocycles. The summed E-state index contributed by atoms with van der Waals surface area (Å²) in [5.74, 6) is -0.00852. The van der Waals surface area contributed by atoms with E-state index in [4.69, 9.17) is 10.5 Å². The molecule has 1 aliphatic heterocycles. The lowest BCUT2D eigenvalue weighted by Crippen LogP contribution is -2.54. The summed E-state index contributed by atoms with van der Waals surface area (Å²) in [4.78, 5) is 18.6. The van der Waals surface area contributed by atoms with Crippen LogP contribution in [-0.2, 0) is 4.74 Å². The maximum Gasteiger partial charge on any atom is 0.257 e. The fourth-order valence-corrected chi connectivity index (χ4v) is 3.09. The molecule has 3 rings (SSSR count). The average Bonchev–Trinajstić information content (AvgIpc) is 2.46. The molecule has 0 spiro atoms. The molecular formula is C14H19N3O2. The van der Waals surface area contributed by atoms with Crippen LogP contribution in [0.1, 0.15) is 36.0 Å². The predicted octanol–water partition coefficient (Wildman–Crippen LogP) is 1.45. The summed E-state index contributed by atoms with van der Waals surface area (Å²) < 4.78 is 5.79. The van der Waals surface area contributed by atoms with E-state index in [-0.39, 0.29) is 18.1 Å². The second kappa shape index (κ2) is 5.17. The van der Waals surface area contributed by atoms with Crippen LogP contribution in [0.15, 0.2) is 18.5 Å². The van der Waals surface area contributed by atoms with E-state index in [9.17, 15) is 4.79 Å². The monoisotopic (exact) mass is 261 g/mol. The van der Waals surface area contributed by atoms with Gasteiger partial charge in [-0.2, -0.15) is 0 Å². The minimum absolute atomic E-state index is 0.00852. The van der Waals surface area contributed by atoms with Crippen LogP contribution in [0.4, 0.5) is 5.69 Å². The molecule has 2 aliphatic rings. The van der Waals surface area contributed by atoms with Gasteiger partial charge in [0.1, 0.15) is 0 Å². The topological polar surface area (TPSA) is 68.5 Å². The SMILES string of the molecule is Nc1ccncc1C(=O)N1CCOC2CCCCC21. The highest BCUT2D eigenvalue weighted by molar-refractivity contribution is 5.99. The van der Waals surface area contributed by atoms with Crippen molar-refractivity contribution in [3.63, 3.8) is 0 Å². The van der Waals surface area contributed by atoms with Crippen molar-refractivity contribution in [2.45, 2.75) is 37.8 Å². The van der Waals surface area contributed by atoms with Gasteiger partial charge in [0.25, 0.3) is 5.91 Å².